The number of aromatic nitrogens is 1. The van der Waals surface area contributed by atoms with Gasteiger partial charge < -0.3 is 9.67 Å². The summed E-state index contributed by atoms with van der Waals surface area (Å²) in [5.74, 6) is 0. The molecule has 2 atom stereocenters. The number of nitrogens with zero attached hydrogens (tertiary/aromatic N) is 2. The highest BCUT2D eigenvalue weighted by atomic mass is 16.3. The number of hydrogen-bond donors (Lipinski definition) is 1. The minimum atomic E-state index is 0.0116. The third kappa shape index (κ3) is 3.24. The van der Waals surface area contributed by atoms with Crippen molar-refractivity contribution < 1.29 is 5.11 Å². The van der Waals surface area contributed by atoms with Gasteiger partial charge in [0.1, 0.15) is 0 Å². The van der Waals surface area contributed by atoms with Crippen LogP contribution >= 0.6 is 0 Å². The maximum atomic E-state index is 10.3. The van der Waals surface area contributed by atoms with Gasteiger partial charge in [0.25, 0.3) is 0 Å². The molecule has 1 N–H and O–H groups in total. The van der Waals surface area contributed by atoms with Crippen LogP contribution in [0.25, 0.3) is 10.9 Å². The molecule has 2 heterocycles. The summed E-state index contributed by atoms with van der Waals surface area (Å²) in [5, 5.41) is 11.7. The van der Waals surface area contributed by atoms with E-state index in [1.165, 1.54) is 33.3 Å². The van der Waals surface area contributed by atoms with Gasteiger partial charge in [0, 0.05) is 35.7 Å². The Morgan fingerprint density at radius 2 is 1.57 bits per heavy atom. The predicted molar refractivity (Wildman–Crippen MR) is 123 cm³/mol. The van der Waals surface area contributed by atoms with Gasteiger partial charge in [0.05, 0.1) is 12.6 Å². The molecule has 0 saturated carbocycles. The Bertz CT molecular complexity index is 1130. The van der Waals surface area contributed by atoms with Crippen molar-refractivity contribution in [3.63, 3.8) is 0 Å². The SMILES string of the molecule is C[C@@H]1c2c(c3ccccc3n2Cc2ccccc2)CCN1[C@@H](CO)c1ccccc1. The molecule has 152 valence electrons. The zero-order valence-corrected chi connectivity index (χ0v) is 17.4. The van der Waals surface area contributed by atoms with Gasteiger partial charge >= 0.3 is 0 Å². The van der Waals surface area contributed by atoms with E-state index in [0.717, 1.165) is 19.5 Å². The minimum absolute atomic E-state index is 0.0116. The predicted octanol–water partition coefficient (Wildman–Crippen LogP) is 5.34. The molecule has 3 aromatic carbocycles. The zero-order valence-electron chi connectivity index (χ0n) is 17.4. The lowest BCUT2D eigenvalue weighted by Gasteiger charge is -2.40. The second-order valence-corrected chi connectivity index (χ2v) is 8.23. The molecule has 3 nitrogen and oxygen atoms in total. The van der Waals surface area contributed by atoms with E-state index in [4.69, 9.17) is 0 Å². The molecular formula is C27H28N2O. The molecule has 0 bridgehead atoms. The molecule has 1 aliphatic rings. The number of aliphatic hydroxyl groups is 1. The third-order valence-electron chi connectivity index (χ3n) is 6.57. The molecule has 30 heavy (non-hydrogen) atoms. The van der Waals surface area contributed by atoms with Crippen LogP contribution in [-0.4, -0.2) is 27.7 Å². The number of para-hydroxylation sites is 1. The first kappa shape index (κ1) is 19.1. The maximum absolute atomic E-state index is 10.3. The van der Waals surface area contributed by atoms with Gasteiger partial charge in [-0.15, -0.1) is 0 Å². The molecule has 4 aromatic rings. The first-order valence-corrected chi connectivity index (χ1v) is 10.8. The molecule has 0 amide bonds. The van der Waals surface area contributed by atoms with Gasteiger partial charge in [-0.1, -0.05) is 78.9 Å². The number of hydrogen-bond acceptors (Lipinski definition) is 2. The van der Waals surface area contributed by atoms with E-state index >= 15 is 0 Å². The first-order chi connectivity index (χ1) is 14.8. The lowest BCUT2D eigenvalue weighted by Crippen LogP contribution is -2.39. The van der Waals surface area contributed by atoms with Gasteiger partial charge in [-0.3, -0.25) is 4.90 Å². The molecule has 0 fully saturated rings. The van der Waals surface area contributed by atoms with Crippen molar-refractivity contribution in [3.8, 4) is 0 Å². The standard InChI is InChI=1S/C27H28N2O/c1-20-27-24(16-17-28(20)26(19-30)22-12-6-3-7-13-22)23-14-8-9-15-25(23)29(27)18-21-10-4-2-5-11-21/h2-15,20,26,30H,16-19H2,1H3/t20-,26+/m1/s1. The molecule has 1 aromatic heterocycles. The zero-order chi connectivity index (χ0) is 20.5. The Morgan fingerprint density at radius 3 is 2.30 bits per heavy atom. The molecule has 0 radical (unpaired) electrons. The molecule has 5 rings (SSSR count). The smallest absolute Gasteiger partial charge is 0.0628 e. The number of rotatable bonds is 5. The Balaban J connectivity index is 1.61. The van der Waals surface area contributed by atoms with Crippen LogP contribution in [-0.2, 0) is 13.0 Å². The molecule has 3 heteroatoms. The lowest BCUT2D eigenvalue weighted by molar-refractivity contribution is 0.0791. The van der Waals surface area contributed by atoms with Crippen molar-refractivity contribution in [2.45, 2.75) is 32.0 Å². The van der Waals surface area contributed by atoms with Crippen molar-refractivity contribution in [1.29, 1.82) is 0 Å². The van der Waals surface area contributed by atoms with E-state index in [2.05, 4.69) is 95.3 Å². The van der Waals surface area contributed by atoms with Crippen LogP contribution in [0.2, 0.25) is 0 Å². The Hall–Kier alpha value is -2.88. The fraction of sp³-hybridized carbons (Fsp3) is 0.259. The average molecular weight is 397 g/mol. The minimum Gasteiger partial charge on any atom is -0.394 e. The molecule has 1 aliphatic heterocycles. The van der Waals surface area contributed by atoms with E-state index in [0.29, 0.717) is 0 Å². The fourth-order valence-electron chi connectivity index (χ4n) is 5.17. The van der Waals surface area contributed by atoms with Crippen molar-refractivity contribution >= 4 is 10.9 Å². The van der Waals surface area contributed by atoms with Crippen molar-refractivity contribution in [1.82, 2.24) is 9.47 Å². The third-order valence-corrected chi connectivity index (χ3v) is 6.57. The van der Waals surface area contributed by atoms with E-state index in [1.54, 1.807) is 0 Å². The maximum Gasteiger partial charge on any atom is 0.0628 e. The van der Waals surface area contributed by atoms with Crippen molar-refractivity contribution in [3.05, 3.63) is 107 Å². The molecule has 0 aliphatic carbocycles. The van der Waals surface area contributed by atoms with Gasteiger partial charge in [-0.2, -0.15) is 0 Å². The number of fused-ring (bicyclic) bond motifs is 3. The van der Waals surface area contributed by atoms with Crippen LogP contribution in [0.1, 0.15) is 41.4 Å². The Labute approximate surface area is 178 Å². The van der Waals surface area contributed by atoms with Crippen LogP contribution in [0, 0.1) is 0 Å². The first-order valence-electron chi connectivity index (χ1n) is 10.8. The summed E-state index contributed by atoms with van der Waals surface area (Å²) in [7, 11) is 0. The molecule has 0 spiro atoms. The second-order valence-electron chi connectivity index (χ2n) is 8.23. The van der Waals surface area contributed by atoms with Gasteiger partial charge in [-0.25, -0.2) is 0 Å². The Kier molecular flexibility index (Phi) is 5.16. The summed E-state index contributed by atoms with van der Waals surface area (Å²) < 4.78 is 2.50. The summed E-state index contributed by atoms with van der Waals surface area (Å²) in [6, 6.07) is 30.1. The van der Waals surface area contributed by atoms with Gasteiger partial charge in [0.15, 0.2) is 0 Å². The van der Waals surface area contributed by atoms with Crippen molar-refractivity contribution in [2.24, 2.45) is 0 Å². The molecular weight excluding hydrogens is 368 g/mol. The largest absolute Gasteiger partial charge is 0.394 e. The normalized spacial score (nSPS) is 17.7. The van der Waals surface area contributed by atoms with Crippen LogP contribution in [0.4, 0.5) is 0 Å². The lowest BCUT2D eigenvalue weighted by atomic mass is 9.94. The highest BCUT2D eigenvalue weighted by molar-refractivity contribution is 5.86. The fourth-order valence-corrected chi connectivity index (χ4v) is 5.17. The van der Waals surface area contributed by atoms with E-state index in [-0.39, 0.29) is 18.7 Å². The van der Waals surface area contributed by atoms with Crippen LogP contribution in [0.3, 0.4) is 0 Å². The molecule has 0 unspecified atom stereocenters. The topological polar surface area (TPSA) is 28.4 Å². The van der Waals surface area contributed by atoms with Crippen LogP contribution in [0.5, 0.6) is 0 Å². The monoisotopic (exact) mass is 396 g/mol. The van der Waals surface area contributed by atoms with Gasteiger partial charge in [-0.05, 0) is 36.1 Å². The van der Waals surface area contributed by atoms with Crippen LogP contribution in [0.15, 0.2) is 84.9 Å². The van der Waals surface area contributed by atoms with E-state index in [1.807, 2.05) is 6.07 Å². The van der Waals surface area contributed by atoms with E-state index in [9.17, 15) is 5.11 Å². The molecule has 0 saturated heterocycles. The summed E-state index contributed by atoms with van der Waals surface area (Å²) in [6.07, 6.45) is 1.01. The summed E-state index contributed by atoms with van der Waals surface area (Å²) in [4.78, 5) is 2.47. The van der Waals surface area contributed by atoms with E-state index < -0.39 is 0 Å². The van der Waals surface area contributed by atoms with Crippen molar-refractivity contribution in [2.75, 3.05) is 13.2 Å². The average Bonchev–Trinajstić information content (AvgIpc) is 3.12. The quantitative estimate of drug-likeness (QED) is 0.493. The number of benzene rings is 3. The summed E-state index contributed by atoms with van der Waals surface area (Å²) >= 11 is 0. The Morgan fingerprint density at radius 1 is 0.900 bits per heavy atom. The highest BCUT2D eigenvalue weighted by Crippen LogP contribution is 2.40. The second kappa shape index (κ2) is 8.10. The summed E-state index contributed by atoms with van der Waals surface area (Å²) in [6.45, 7) is 4.24. The highest BCUT2D eigenvalue weighted by Gasteiger charge is 2.34. The number of aliphatic hydroxyl groups excluding tert-OH is 1. The van der Waals surface area contributed by atoms with Gasteiger partial charge in [0.2, 0.25) is 0 Å². The summed E-state index contributed by atoms with van der Waals surface area (Å²) in [5.41, 5.74) is 6.66. The van der Waals surface area contributed by atoms with Crippen LogP contribution < -0.4 is 0 Å².